The zero-order valence-corrected chi connectivity index (χ0v) is 12.6. The lowest BCUT2D eigenvalue weighted by Crippen LogP contribution is -2.47. The van der Waals surface area contributed by atoms with Crippen LogP contribution in [0.1, 0.15) is 58.3 Å². The van der Waals surface area contributed by atoms with Gasteiger partial charge in [0.2, 0.25) is 0 Å². The summed E-state index contributed by atoms with van der Waals surface area (Å²) in [5, 5.41) is 20.3. The van der Waals surface area contributed by atoms with Crippen LogP contribution in [0.2, 0.25) is 0 Å². The second kappa shape index (κ2) is 4.58. The molecule has 0 heterocycles. The molecular formula is C18H28O2. The van der Waals surface area contributed by atoms with Gasteiger partial charge in [-0.05, 0) is 80.5 Å². The third-order valence-corrected chi connectivity index (χ3v) is 7.37. The molecule has 3 fully saturated rings. The van der Waals surface area contributed by atoms with Crippen molar-refractivity contribution in [3.05, 3.63) is 11.6 Å². The van der Waals surface area contributed by atoms with E-state index in [9.17, 15) is 10.2 Å². The van der Waals surface area contributed by atoms with E-state index < -0.39 is 0 Å². The number of allylic oxidation sites excluding steroid dienone is 1. The minimum Gasteiger partial charge on any atom is -0.393 e. The Kier molecular flexibility index (Phi) is 3.05. The average molecular weight is 276 g/mol. The Morgan fingerprint density at radius 2 is 1.90 bits per heavy atom. The van der Waals surface area contributed by atoms with Crippen LogP contribution in [0.15, 0.2) is 11.6 Å². The van der Waals surface area contributed by atoms with Crippen molar-refractivity contribution < 1.29 is 10.2 Å². The van der Waals surface area contributed by atoms with Gasteiger partial charge >= 0.3 is 0 Å². The summed E-state index contributed by atoms with van der Waals surface area (Å²) in [5.74, 6) is 3.13. The summed E-state index contributed by atoms with van der Waals surface area (Å²) >= 11 is 0. The van der Waals surface area contributed by atoms with E-state index in [2.05, 4.69) is 13.0 Å². The Labute approximate surface area is 122 Å². The van der Waals surface area contributed by atoms with Crippen LogP contribution in [-0.4, -0.2) is 22.4 Å². The monoisotopic (exact) mass is 276 g/mol. The molecule has 0 unspecified atom stereocenters. The van der Waals surface area contributed by atoms with Crippen molar-refractivity contribution in [3.63, 3.8) is 0 Å². The smallest absolute Gasteiger partial charge is 0.0596 e. The van der Waals surface area contributed by atoms with Gasteiger partial charge in [-0.2, -0.15) is 0 Å². The maximum atomic E-state index is 10.4. The first kappa shape index (κ1) is 13.3. The van der Waals surface area contributed by atoms with Gasteiger partial charge in [0.25, 0.3) is 0 Å². The van der Waals surface area contributed by atoms with Crippen molar-refractivity contribution in [3.8, 4) is 0 Å². The van der Waals surface area contributed by atoms with Gasteiger partial charge in [0, 0.05) is 0 Å². The molecule has 4 aliphatic rings. The number of hydrogen-bond acceptors (Lipinski definition) is 2. The first-order valence-electron chi connectivity index (χ1n) is 8.64. The molecule has 3 saturated carbocycles. The molecule has 20 heavy (non-hydrogen) atoms. The summed E-state index contributed by atoms with van der Waals surface area (Å²) in [6, 6.07) is 0. The highest BCUT2D eigenvalue weighted by atomic mass is 16.3. The van der Waals surface area contributed by atoms with Crippen LogP contribution in [-0.2, 0) is 0 Å². The number of fused-ring (bicyclic) bond motifs is 5. The summed E-state index contributed by atoms with van der Waals surface area (Å²) in [7, 11) is 0. The minimum atomic E-state index is -0.0868. The lowest BCUT2D eigenvalue weighted by Gasteiger charge is -2.53. The van der Waals surface area contributed by atoms with Crippen LogP contribution >= 0.6 is 0 Å². The van der Waals surface area contributed by atoms with E-state index in [0.29, 0.717) is 0 Å². The average Bonchev–Trinajstić information content (AvgIpc) is 2.74. The van der Waals surface area contributed by atoms with Gasteiger partial charge in [0.05, 0.1) is 12.2 Å². The largest absolute Gasteiger partial charge is 0.393 e. The first-order valence-corrected chi connectivity index (χ1v) is 8.64. The Bertz CT molecular complexity index is 429. The Balaban J connectivity index is 1.62. The molecule has 4 aliphatic carbocycles. The van der Waals surface area contributed by atoms with Gasteiger partial charge in [-0.1, -0.05) is 18.6 Å². The van der Waals surface area contributed by atoms with Crippen LogP contribution in [0.25, 0.3) is 0 Å². The van der Waals surface area contributed by atoms with Crippen LogP contribution in [0.4, 0.5) is 0 Å². The summed E-state index contributed by atoms with van der Waals surface area (Å²) in [6.07, 6.45) is 11.4. The molecular weight excluding hydrogens is 248 g/mol. The highest BCUT2D eigenvalue weighted by molar-refractivity contribution is 5.20. The molecule has 112 valence electrons. The molecule has 0 aromatic heterocycles. The second-order valence-electron chi connectivity index (χ2n) is 8.13. The highest BCUT2D eigenvalue weighted by Gasteiger charge is 2.55. The lowest BCUT2D eigenvalue weighted by atomic mass is 9.53. The number of aliphatic hydroxyl groups is 2. The van der Waals surface area contributed by atoms with E-state index >= 15 is 0 Å². The third kappa shape index (κ3) is 1.77. The number of hydrogen-bond donors (Lipinski definition) is 2. The number of rotatable bonds is 0. The number of aliphatic hydroxyl groups excluding tert-OH is 2. The van der Waals surface area contributed by atoms with Crippen molar-refractivity contribution in [1.29, 1.82) is 0 Å². The second-order valence-corrected chi connectivity index (χ2v) is 8.13. The molecule has 0 bridgehead atoms. The predicted octanol–water partition coefficient (Wildman–Crippen LogP) is 3.28. The van der Waals surface area contributed by atoms with E-state index in [4.69, 9.17) is 0 Å². The lowest BCUT2D eigenvalue weighted by molar-refractivity contribution is -0.0499. The van der Waals surface area contributed by atoms with E-state index in [0.717, 1.165) is 42.9 Å². The molecule has 0 aromatic rings. The van der Waals surface area contributed by atoms with Crippen molar-refractivity contribution in [2.24, 2.45) is 29.1 Å². The van der Waals surface area contributed by atoms with Gasteiger partial charge in [-0.3, -0.25) is 0 Å². The Morgan fingerprint density at radius 3 is 2.75 bits per heavy atom. The molecule has 2 nitrogen and oxygen atoms in total. The SMILES string of the molecule is C[C@]12CC[C@H]3[C@@H](CC=C4C[C@H](O)CC[C@@H]43)[C@@H]1CC[C@@H]2O. The van der Waals surface area contributed by atoms with Gasteiger partial charge < -0.3 is 10.2 Å². The van der Waals surface area contributed by atoms with Gasteiger partial charge in [-0.15, -0.1) is 0 Å². The van der Waals surface area contributed by atoms with Crippen LogP contribution in [0.5, 0.6) is 0 Å². The summed E-state index contributed by atoms with van der Waals surface area (Å²) < 4.78 is 0. The minimum absolute atomic E-state index is 0.0630. The first-order chi connectivity index (χ1) is 9.59. The molecule has 7 atom stereocenters. The maximum Gasteiger partial charge on any atom is 0.0596 e. The van der Waals surface area contributed by atoms with Gasteiger partial charge in [0.15, 0.2) is 0 Å². The molecule has 0 amide bonds. The highest BCUT2D eigenvalue weighted by Crippen LogP contribution is 2.61. The molecule has 0 aliphatic heterocycles. The van der Waals surface area contributed by atoms with Gasteiger partial charge in [0.1, 0.15) is 0 Å². The fourth-order valence-corrected chi connectivity index (χ4v) is 6.22. The predicted molar refractivity (Wildman–Crippen MR) is 79.1 cm³/mol. The Morgan fingerprint density at radius 1 is 1.05 bits per heavy atom. The standard InChI is InChI=1S/C18H28O2/c1-18-9-8-14-13-5-3-12(19)10-11(13)2-4-15(14)16(18)6-7-17(18)20/h2,12-17,19-20H,3-10H2,1H3/t12-,13+,14-,15-,16+,17+,18+/m1/s1. The van der Waals surface area contributed by atoms with Crippen molar-refractivity contribution in [2.45, 2.75) is 70.5 Å². The molecule has 0 saturated heterocycles. The Hall–Kier alpha value is -0.340. The molecule has 4 rings (SSSR count). The molecule has 0 aromatic carbocycles. The van der Waals surface area contributed by atoms with E-state index in [1.54, 1.807) is 5.57 Å². The fraction of sp³-hybridized carbons (Fsp3) is 0.889. The summed E-state index contributed by atoms with van der Waals surface area (Å²) in [4.78, 5) is 0. The molecule has 2 N–H and O–H groups in total. The van der Waals surface area contributed by atoms with E-state index in [-0.39, 0.29) is 17.6 Å². The molecule has 0 spiro atoms. The van der Waals surface area contributed by atoms with Crippen molar-refractivity contribution in [2.75, 3.05) is 0 Å². The summed E-state index contributed by atoms with van der Waals surface area (Å²) in [6.45, 7) is 2.34. The summed E-state index contributed by atoms with van der Waals surface area (Å²) in [5.41, 5.74) is 1.76. The zero-order chi connectivity index (χ0) is 13.9. The maximum absolute atomic E-state index is 10.4. The fourth-order valence-electron chi connectivity index (χ4n) is 6.22. The van der Waals surface area contributed by atoms with E-state index in [1.165, 1.54) is 32.1 Å². The van der Waals surface area contributed by atoms with Crippen LogP contribution in [0.3, 0.4) is 0 Å². The molecule has 0 radical (unpaired) electrons. The molecule has 2 heteroatoms. The normalized spacial score (nSPS) is 54.6. The topological polar surface area (TPSA) is 40.5 Å². The third-order valence-electron chi connectivity index (χ3n) is 7.37. The van der Waals surface area contributed by atoms with Crippen LogP contribution < -0.4 is 0 Å². The van der Waals surface area contributed by atoms with Crippen molar-refractivity contribution >= 4 is 0 Å². The quantitative estimate of drug-likeness (QED) is 0.667. The van der Waals surface area contributed by atoms with Gasteiger partial charge in [-0.25, -0.2) is 0 Å². The van der Waals surface area contributed by atoms with E-state index in [1.807, 2.05) is 0 Å². The van der Waals surface area contributed by atoms with Crippen LogP contribution in [0, 0.1) is 29.1 Å². The van der Waals surface area contributed by atoms with Crippen molar-refractivity contribution in [1.82, 2.24) is 0 Å². The zero-order valence-electron chi connectivity index (χ0n) is 12.6.